The van der Waals surface area contributed by atoms with Gasteiger partial charge in [-0.15, -0.1) is 11.8 Å². The van der Waals surface area contributed by atoms with E-state index in [4.69, 9.17) is 5.73 Å². The quantitative estimate of drug-likeness (QED) is 0.281. The van der Waals surface area contributed by atoms with Crippen molar-refractivity contribution in [2.24, 2.45) is 0 Å². The maximum atomic E-state index is 12.0. The van der Waals surface area contributed by atoms with Gasteiger partial charge in [0.05, 0.1) is 4.92 Å². The summed E-state index contributed by atoms with van der Waals surface area (Å²) in [6.45, 7) is 0.469. The maximum absolute atomic E-state index is 12.0. The monoisotopic (exact) mass is 317 g/mol. The van der Waals surface area contributed by atoms with Crippen LogP contribution >= 0.6 is 11.8 Å². The summed E-state index contributed by atoms with van der Waals surface area (Å²) in [5, 5.41) is 13.5. The van der Waals surface area contributed by atoms with Crippen molar-refractivity contribution in [1.29, 1.82) is 0 Å². The van der Waals surface area contributed by atoms with E-state index in [1.165, 1.54) is 18.2 Å². The average Bonchev–Trinajstić information content (AvgIpc) is 2.52. The molecule has 6 nitrogen and oxygen atoms in total. The number of nitro benzene ring substituents is 1. The third-order valence-corrected chi connectivity index (χ3v) is 3.90. The first-order valence-corrected chi connectivity index (χ1v) is 7.56. The fourth-order valence-electron chi connectivity index (χ4n) is 1.80. The van der Waals surface area contributed by atoms with Gasteiger partial charge < -0.3 is 11.1 Å². The highest BCUT2D eigenvalue weighted by Crippen LogP contribution is 2.22. The number of thioether (sulfide) groups is 1. The van der Waals surface area contributed by atoms with Gasteiger partial charge in [0.15, 0.2) is 0 Å². The molecule has 0 radical (unpaired) electrons. The number of anilines is 1. The van der Waals surface area contributed by atoms with Gasteiger partial charge in [0, 0.05) is 28.8 Å². The van der Waals surface area contributed by atoms with Crippen LogP contribution in [0.4, 0.5) is 11.4 Å². The molecule has 2 aromatic rings. The number of nitrogen functional groups attached to an aromatic ring is 1. The third-order valence-electron chi connectivity index (χ3n) is 2.89. The van der Waals surface area contributed by atoms with Gasteiger partial charge in [0.25, 0.3) is 11.6 Å². The predicted molar refractivity (Wildman–Crippen MR) is 87.0 cm³/mol. The number of nitrogens with two attached hydrogens (primary N) is 1. The van der Waals surface area contributed by atoms with Crippen LogP contribution in [0.15, 0.2) is 53.4 Å². The highest BCUT2D eigenvalue weighted by molar-refractivity contribution is 7.99. The van der Waals surface area contributed by atoms with Gasteiger partial charge in [0.1, 0.15) is 5.69 Å². The van der Waals surface area contributed by atoms with Crippen molar-refractivity contribution in [3.8, 4) is 0 Å². The van der Waals surface area contributed by atoms with Crippen molar-refractivity contribution in [2.75, 3.05) is 18.0 Å². The summed E-state index contributed by atoms with van der Waals surface area (Å²) in [6, 6.07) is 13.9. The molecule has 22 heavy (non-hydrogen) atoms. The van der Waals surface area contributed by atoms with Gasteiger partial charge in [0.2, 0.25) is 0 Å². The van der Waals surface area contributed by atoms with Crippen molar-refractivity contribution >= 4 is 29.0 Å². The van der Waals surface area contributed by atoms with Crippen molar-refractivity contribution in [3.63, 3.8) is 0 Å². The highest BCUT2D eigenvalue weighted by Gasteiger charge is 2.15. The molecule has 0 heterocycles. The molecule has 0 fully saturated rings. The first-order chi connectivity index (χ1) is 10.6. The number of hydrogen-bond donors (Lipinski definition) is 2. The molecule has 0 unspecified atom stereocenters. The molecule has 7 heteroatoms. The minimum Gasteiger partial charge on any atom is -0.393 e. The number of nitrogens with zero attached hydrogens (tertiary/aromatic N) is 1. The van der Waals surface area contributed by atoms with Gasteiger partial charge in [-0.2, -0.15) is 0 Å². The Balaban J connectivity index is 1.87. The molecule has 0 atom stereocenters. The molecule has 0 saturated carbocycles. The molecule has 2 aromatic carbocycles. The maximum Gasteiger partial charge on any atom is 0.292 e. The Bertz CT molecular complexity index is 677. The number of benzene rings is 2. The van der Waals surface area contributed by atoms with Gasteiger partial charge in [-0.25, -0.2) is 0 Å². The van der Waals surface area contributed by atoms with Crippen LogP contribution in [0.5, 0.6) is 0 Å². The Morgan fingerprint density at radius 1 is 1.23 bits per heavy atom. The number of amides is 1. The SMILES string of the molecule is Nc1ccc(C(=O)NCCSc2ccccc2)cc1[N+](=O)[O-]. The summed E-state index contributed by atoms with van der Waals surface area (Å²) in [4.78, 5) is 23.3. The molecule has 0 spiro atoms. The molecule has 0 saturated heterocycles. The molecule has 0 aliphatic rings. The first-order valence-electron chi connectivity index (χ1n) is 6.58. The van der Waals surface area contributed by atoms with Gasteiger partial charge in [-0.05, 0) is 24.3 Å². The van der Waals surface area contributed by atoms with E-state index in [0.717, 1.165) is 4.90 Å². The average molecular weight is 317 g/mol. The number of nitro groups is 1. The van der Waals surface area contributed by atoms with E-state index < -0.39 is 4.92 Å². The van der Waals surface area contributed by atoms with E-state index >= 15 is 0 Å². The second-order valence-electron chi connectivity index (χ2n) is 4.45. The molecule has 0 aliphatic carbocycles. The molecule has 2 rings (SSSR count). The minimum absolute atomic E-state index is 0.0428. The topological polar surface area (TPSA) is 98.3 Å². The van der Waals surface area contributed by atoms with Gasteiger partial charge in [-0.3, -0.25) is 14.9 Å². The zero-order valence-corrected chi connectivity index (χ0v) is 12.5. The lowest BCUT2D eigenvalue weighted by atomic mass is 10.1. The van der Waals surface area contributed by atoms with E-state index in [9.17, 15) is 14.9 Å². The van der Waals surface area contributed by atoms with Crippen LogP contribution in [0.25, 0.3) is 0 Å². The summed E-state index contributed by atoms with van der Waals surface area (Å²) >= 11 is 1.63. The summed E-state index contributed by atoms with van der Waals surface area (Å²) < 4.78 is 0. The second kappa shape index (κ2) is 7.46. The Kier molecular flexibility index (Phi) is 5.37. The van der Waals surface area contributed by atoms with Crippen molar-refractivity contribution in [2.45, 2.75) is 4.90 Å². The normalized spacial score (nSPS) is 10.2. The second-order valence-corrected chi connectivity index (χ2v) is 5.62. The summed E-state index contributed by atoms with van der Waals surface area (Å²) in [7, 11) is 0. The number of carbonyl (C=O) groups is 1. The third kappa shape index (κ3) is 4.23. The molecule has 0 aliphatic heterocycles. The van der Waals surface area contributed by atoms with E-state index in [0.29, 0.717) is 12.3 Å². The Labute approximate surface area is 131 Å². The molecule has 0 aromatic heterocycles. The van der Waals surface area contributed by atoms with Crippen LogP contribution in [0.2, 0.25) is 0 Å². The van der Waals surface area contributed by atoms with Crippen LogP contribution in [0.1, 0.15) is 10.4 Å². The first kappa shape index (κ1) is 15.8. The van der Waals surface area contributed by atoms with Crippen molar-refractivity contribution < 1.29 is 9.72 Å². The largest absolute Gasteiger partial charge is 0.393 e. The zero-order chi connectivity index (χ0) is 15.9. The van der Waals surface area contributed by atoms with E-state index in [-0.39, 0.29) is 22.8 Å². The van der Waals surface area contributed by atoms with Gasteiger partial charge >= 0.3 is 0 Å². The van der Waals surface area contributed by atoms with Crippen molar-refractivity contribution in [1.82, 2.24) is 5.32 Å². The smallest absolute Gasteiger partial charge is 0.292 e. The lowest BCUT2D eigenvalue weighted by Gasteiger charge is -2.06. The molecule has 1 amide bonds. The summed E-state index contributed by atoms with van der Waals surface area (Å²) in [6.07, 6.45) is 0. The van der Waals surface area contributed by atoms with Crippen LogP contribution in [-0.2, 0) is 0 Å². The number of carbonyl (C=O) groups excluding carboxylic acids is 1. The molecular formula is C15H15N3O3S. The number of hydrogen-bond acceptors (Lipinski definition) is 5. The molecule has 3 N–H and O–H groups in total. The number of rotatable bonds is 6. The van der Waals surface area contributed by atoms with Crippen LogP contribution < -0.4 is 11.1 Å². The van der Waals surface area contributed by atoms with Crippen LogP contribution in [0, 0.1) is 10.1 Å². The molecule has 114 valence electrons. The summed E-state index contributed by atoms with van der Waals surface area (Å²) in [5.41, 5.74) is 5.51. The predicted octanol–water partition coefficient (Wildman–Crippen LogP) is 2.70. The van der Waals surface area contributed by atoms with Crippen LogP contribution in [-0.4, -0.2) is 23.1 Å². The minimum atomic E-state index is -0.600. The Hall–Kier alpha value is -2.54. The van der Waals surface area contributed by atoms with Crippen molar-refractivity contribution in [3.05, 3.63) is 64.2 Å². The lowest BCUT2D eigenvalue weighted by Crippen LogP contribution is -2.25. The summed E-state index contributed by atoms with van der Waals surface area (Å²) in [5.74, 6) is 0.365. The lowest BCUT2D eigenvalue weighted by molar-refractivity contribution is -0.383. The van der Waals surface area contributed by atoms with E-state index in [1.807, 2.05) is 30.3 Å². The van der Waals surface area contributed by atoms with E-state index in [1.54, 1.807) is 11.8 Å². The van der Waals surface area contributed by atoms with Crippen LogP contribution in [0.3, 0.4) is 0 Å². The van der Waals surface area contributed by atoms with E-state index in [2.05, 4.69) is 5.32 Å². The van der Waals surface area contributed by atoms with Gasteiger partial charge in [-0.1, -0.05) is 18.2 Å². The molecule has 0 bridgehead atoms. The molecular weight excluding hydrogens is 302 g/mol. The number of nitrogens with one attached hydrogen (secondary N) is 1. The standard InChI is InChI=1S/C15H15N3O3S/c16-13-7-6-11(10-14(13)18(20)21)15(19)17-8-9-22-12-4-2-1-3-5-12/h1-7,10H,8-9,16H2,(H,17,19). The fourth-order valence-corrected chi connectivity index (χ4v) is 2.58. The highest BCUT2D eigenvalue weighted by atomic mass is 32.2. The fraction of sp³-hybridized carbons (Fsp3) is 0.133. The Morgan fingerprint density at radius 2 is 1.95 bits per heavy atom. The zero-order valence-electron chi connectivity index (χ0n) is 11.7. The Morgan fingerprint density at radius 3 is 2.64 bits per heavy atom.